The normalized spacial score (nSPS) is 11.8. The number of carbonyl (C=O) groups is 1. The third kappa shape index (κ3) is 3.04. The molecule has 0 spiro atoms. The average molecular weight is 255 g/mol. The Balaban J connectivity index is 2.24. The topological polar surface area (TPSA) is 81.1 Å². The Morgan fingerprint density at radius 1 is 1.16 bits per heavy atom. The highest BCUT2D eigenvalue weighted by molar-refractivity contribution is 5.98. The predicted octanol–water partition coefficient (Wildman–Crippen LogP) is 2.54. The van der Waals surface area contributed by atoms with Crippen molar-refractivity contribution in [3.63, 3.8) is 0 Å². The van der Waals surface area contributed by atoms with Gasteiger partial charge in [0.1, 0.15) is 0 Å². The van der Waals surface area contributed by atoms with Crippen LogP contribution < -0.4 is 16.8 Å². The molecule has 0 aliphatic heterocycles. The van der Waals surface area contributed by atoms with E-state index in [2.05, 4.69) is 5.32 Å². The average Bonchev–Trinajstić information content (AvgIpc) is 2.39. The number of hydrogen-bond donors (Lipinski definition) is 3. The SMILES string of the molecule is CC(Nc1ccccc1C(N)=O)c1cccc(N)c1. The molecular weight excluding hydrogens is 238 g/mol. The van der Waals surface area contributed by atoms with E-state index in [0.717, 1.165) is 11.3 Å². The third-order valence-corrected chi connectivity index (χ3v) is 2.98. The number of carbonyl (C=O) groups excluding carboxylic acids is 1. The van der Waals surface area contributed by atoms with E-state index >= 15 is 0 Å². The van der Waals surface area contributed by atoms with Gasteiger partial charge in [-0.15, -0.1) is 0 Å². The first-order valence-electron chi connectivity index (χ1n) is 6.08. The molecule has 0 saturated carbocycles. The molecule has 2 aromatic carbocycles. The lowest BCUT2D eigenvalue weighted by molar-refractivity contribution is 0.100. The lowest BCUT2D eigenvalue weighted by Crippen LogP contribution is -2.16. The number of nitrogens with two attached hydrogens (primary N) is 2. The second kappa shape index (κ2) is 5.44. The summed E-state index contributed by atoms with van der Waals surface area (Å²) in [5.41, 5.74) is 14.1. The number of hydrogen-bond acceptors (Lipinski definition) is 3. The van der Waals surface area contributed by atoms with E-state index in [1.54, 1.807) is 12.1 Å². The van der Waals surface area contributed by atoms with E-state index in [0.29, 0.717) is 11.3 Å². The zero-order valence-corrected chi connectivity index (χ0v) is 10.8. The molecule has 0 aliphatic rings. The fourth-order valence-electron chi connectivity index (χ4n) is 1.97. The molecule has 0 aromatic heterocycles. The molecule has 0 fully saturated rings. The highest BCUT2D eigenvalue weighted by Crippen LogP contribution is 2.23. The number of benzene rings is 2. The molecule has 0 bridgehead atoms. The number of anilines is 2. The van der Waals surface area contributed by atoms with Gasteiger partial charge < -0.3 is 16.8 Å². The molecule has 0 radical (unpaired) electrons. The zero-order chi connectivity index (χ0) is 13.8. The van der Waals surface area contributed by atoms with Crippen molar-refractivity contribution < 1.29 is 4.79 Å². The lowest BCUT2D eigenvalue weighted by atomic mass is 10.1. The van der Waals surface area contributed by atoms with Crippen molar-refractivity contribution in [1.82, 2.24) is 0 Å². The van der Waals surface area contributed by atoms with Crippen LogP contribution in [0.5, 0.6) is 0 Å². The first-order chi connectivity index (χ1) is 9.08. The Morgan fingerprint density at radius 2 is 1.89 bits per heavy atom. The molecule has 1 unspecified atom stereocenters. The number of nitrogen functional groups attached to an aromatic ring is 1. The summed E-state index contributed by atoms with van der Waals surface area (Å²) in [6.45, 7) is 2.01. The minimum absolute atomic E-state index is 0.0315. The van der Waals surface area contributed by atoms with Gasteiger partial charge in [-0.2, -0.15) is 0 Å². The molecule has 2 aromatic rings. The minimum atomic E-state index is -0.442. The molecule has 0 heterocycles. The molecule has 4 nitrogen and oxygen atoms in total. The largest absolute Gasteiger partial charge is 0.399 e. The molecule has 98 valence electrons. The second-order valence-electron chi connectivity index (χ2n) is 4.45. The van der Waals surface area contributed by atoms with Crippen LogP contribution in [0, 0.1) is 0 Å². The number of amides is 1. The predicted molar refractivity (Wildman–Crippen MR) is 77.9 cm³/mol. The Labute approximate surface area is 112 Å². The molecule has 1 amide bonds. The van der Waals surface area contributed by atoms with Crippen molar-refractivity contribution in [2.45, 2.75) is 13.0 Å². The molecule has 5 N–H and O–H groups in total. The summed E-state index contributed by atoms with van der Waals surface area (Å²) in [4.78, 5) is 11.4. The molecule has 0 aliphatic carbocycles. The molecule has 0 saturated heterocycles. The van der Waals surface area contributed by atoms with Crippen molar-refractivity contribution in [3.05, 3.63) is 59.7 Å². The maximum absolute atomic E-state index is 11.4. The van der Waals surface area contributed by atoms with Crippen LogP contribution >= 0.6 is 0 Å². The van der Waals surface area contributed by atoms with Gasteiger partial charge in [-0.25, -0.2) is 0 Å². The fraction of sp³-hybridized carbons (Fsp3) is 0.133. The number of nitrogens with one attached hydrogen (secondary N) is 1. The van der Waals surface area contributed by atoms with Gasteiger partial charge in [-0.3, -0.25) is 4.79 Å². The zero-order valence-electron chi connectivity index (χ0n) is 10.8. The van der Waals surface area contributed by atoms with Gasteiger partial charge in [0.25, 0.3) is 5.91 Å². The van der Waals surface area contributed by atoms with Gasteiger partial charge in [-0.1, -0.05) is 24.3 Å². The summed E-state index contributed by atoms with van der Waals surface area (Å²) >= 11 is 0. The van der Waals surface area contributed by atoms with E-state index in [1.807, 2.05) is 43.3 Å². The van der Waals surface area contributed by atoms with Crippen LogP contribution in [0.15, 0.2) is 48.5 Å². The van der Waals surface area contributed by atoms with E-state index in [4.69, 9.17) is 11.5 Å². The van der Waals surface area contributed by atoms with Crippen molar-refractivity contribution in [2.75, 3.05) is 11.1 Å². The first-order valence-corrected chi connectivity index (χ1v) is 6.08. The van der Waals surface area contributed by atoms with Crippen LogP contribution in [0.1, 0.15) is 28.9 Å². The Hall–Kier alpha value is -2.49. The van der Waals surface area contributed by atoms with E-state index in [1.165, 1.54) is 0 Å². The smallest absolute Gasteiger partial charge is 0.250 e. The van der Waals surface area contributed by atoms with E-state index in [9.17, 15) is 4.79 Å². The standard InChI is InChI=1S/C15H17N3O/c1-10(11-5-4-6-12(16)9-11)18-14-8-3-2-7-13(14)15(17)19/h2-10,18H,16H2,1H3,(H2,17,19). The summed E-state index contributed by atoms with van der Waals surface area (Å²) < 4.78 is 0. The highest BCUT2D eigenvalue weighted by Gasteiger charge is 2.11. The van der Waals surface area contributed by atoms with Crippen LogP contribution in [0.2, 0.25) is 0 Å². The summed E-state index contributed by atoms with van der Waals surface area (Å²) in [7, 11) is 0. The first kappa shape index (κ1) is 13.0. The number of primary amides is 1. The summed E-state index contributed by atoms with van der Waals surface area (Å²) in [5, 5.41) is 3.28. The Kier molecular flexibility index (Phi) is 3.71. The molecule has 1 atom stereocenters. The highest BCUT2D eigenvalue weighted by atomic mass is 16.1. The van der Waals surface area contributed by atoms with Crippen molar-refractivity contribution in [2.24, 2.45) is 5.73 Å². The van der Waals surface area contributed by atoms with Crippen LogP contribution in [-0.2, 0) is 0 Å². The Morgan fingerprint density at radius 3 is 2.58 bits per heavy atom. The quantitative estimate of drug-likeness (QED) is 0.734. The third-order valence-electron chi connectivity index (χ3n) is 2.98. The maximum atomic E-state index is 11.4. The van der Waals surface area contributed by atoms with Gasteiger partial charge in [0.2, 0.25) is 0 Å². The molecule has 19 heavy (non-hydrogen) atoms. The molecular formula is C15H17N3O. The maximum Gasteiger partial charge on any atom is 0.250 e. The van der Waals surface area contributed by atoms with Crippen LogP contribution in [0.4, 0.5) is 11.4 Å². The van der Waals surface area contributed by atoms with E-state index in [-0.39, 0.29) is 6.04 Å². The van der Waals surface area contributed by atoms with Gasteiger partial charge in [-0.05, 0) is 36.8 Å². The van der Waals surface area contributed by atoms with Crippen molar-refractivity contribution >= 4 is 17.3 Å². The molecule has 4 heteroatoms. The minimum Gasteiger partial charge on any atom is -0.399 e. The van der Waals surface area contributed by atoms with Gasteiger partial charge >= 0.3 is 0 Å². The van der Waals surface area contributed by atoms with E-state index < -0.39 is 5.91 Å². The summed E-state index contributed by atoms with van der Waals surface area (Å²) in [5.74, 6) is -0.442. The lowest BCUT2D eigenvalue weighted by Gasteiger charge is -2.17. The van der Waals surface area contributed by atoms with Crippen molar-refractivity contribution in [3.8, 4) is 0 Å². The monoisotopic (exact) mass is 255 g/mol. The number of para-hydroxylation sites is 1. The van der Waals surface area contributed by atoms with Gasteiger partial charge in [0, 0.05) is 17.4 Å². The fourth-order valence-corrected chi connectivity index (χ4v) is 1.97. The molecule has 2 rings (SSSR count). The van der Waals surface area contributed by atoms with Crippen molar-refractivity contribution in [1.29, 1.82) is 0 Å². The summed E-state index contributed by atoms with van der Waals surface area (Å²) in [6, 6.07) is 14.9. The van der Waals surface area contributed by atoms with Crippen LogP contribution in [-0.4, -0.2) is 5.91 Å². The van der Waals surface area contributed by atoms with Gasteiger partial charge in [0.05, 0.1) is 5.56 Å². The Bertz CT molecular complexity index is 595. The van der Waals surface area contributed by atoms with Crippen LogP contribution in [0.3, 0.4) is 0 Å². The van der Waals surface area contributed by atoms with Crippen LogP contribution in [0.25, 0.3) is 0 Å². The summed E-state index contributed by atoms with van der Waals surface area (Å²) in [6.07, 6.45) is 0. The number of rotatable bonds is 4. The second-order valence-corrected chi connectivity index (χ2v) is 4.45. The van der Waals surface area contributed by atoms with Gasteiger partial charge in [0.15, 0.2) is 0 Å².